The molecule has 0 bridgehead atoms. The molecular weight excluding hydrogens is 537 g/mol. The molecule has 1 saturated carbocycles. The molecule has 1 aromatic heterocycles. The van der Waals surface area contributed by atoms with Crippen molar-refractivity contribution in [2.45, 2.75) is 38.2 Å². The number of thiophene rings is 1. The van der Waals surface area contributed by atoms with Crippen LogP contribution in [-0.4, -0.2) is 18.7 Å². The minimum Gasteiger partial charge on any atom is -0.465 e. The molecule has 0 spiro atoms. The number of hydrogen-bond acceptors (Lipinski definition) is 5. The van der Waals surface area contributed by atoms with Gasteiger partial charge in [-0.25, -0.2) is 9.18 Å². The fraction of sp³-hybridized carbons (Fsp3) is 0.226. The Bertz CT molecular complexity index is 1500. The van der Waals surface area contributed by atoms with Crippen molar-refractivity contribution in [3.63, 3.8) is 0 Å². The molecule has 0 radical (unpaired) electrons. The second-order valence-electron chi connectivity index (χ2n) is 9.48. The molecule has 0 saturated heterocycles. The fourth-order valence-electron chi connectivity index (χ4n) is 4.60. The van der Waals surface area contributed by atoms with Crippen LogP contribution >= 0.6 is 22.9 Å². The number of anilines is 1. The van der Waals surface area contributed by atoms with Crippen LogP contribution in [0.4, 0.5) is 14.9 Å². The van der Waals surface area contributed by atoms with Crippen LogP contribution in [0.2, 0.25) is 4.34 Å². The van der Waals surface area contributed by atoms with Gasteiger partial charge >= 0.3 is 12.1 Å². The van der Waals surface area contributed by atoms with E-state index in [2.05, 4.69) is 5.32 Å². The van der Waals surface area contributed by atoms with Crippen LogP contribution in [0.15, 0.2) is 78.9 Å². The number of carbonyl (C=O) groups excluding carboxylic acids is 2. The maximum absolute atomic E-state index is 13.5. The monoisotopic (exact) mass is 563 g/mol. The molecule has 8 heteroatoms. The number of carbonyl (C=O) groups is 2. The summed E-state index contributed by atoms with van der Waals surface area (Å²) < 4.78 is 24.8. The Kier molecular flexibility index (Phi) is 7.73. The molecule has 1 aliphatic rings. The summed E-state index contributed by atoms with van der Waals surface area (Å²) in [6.07, 6.45) is 0.347. The van der Waals surface area contributed by atoms with E-state index < -0.39 is 23.4 Å². The lowest BCUT2D eigenvalue weighted by atomic mass is 9.93. The Morgan fingerprint density at radius 1 is 1.00 bits per heavy atom. The first-order valence-electron chi connectivity index (χ1n) is 12.7. The van der Waals surface area contributed by atoms with Crippen molar-refractivity contribution < 1.29 is 23.5 Å². The number of esters is 1. The zero-order valence-corrected chi connectivity index (χ0v) is 23.1. The average molecular weight is 564 g/mol. The molecular formula is C31H27ClFNO4S. The van der Waals surface area contributed by atoms with Crippen LogP contribution < -0.4 is 5.32 Å². The highest BCUT2D eigenvalue weighted by Crippen LogP contribution is 2.49. The van der Waals surface area contributed by atoms with E-state index in [0.29, 0.717) is 22.2 Å². The summed E-state index contributed by atoms with van der Waals surface area (Å²) in [5, 5.41) is 2.77. The van der Waals surface area contributed by atoms with Gasteiger partial charge in [0.15, 0.2) is 0 Å². The van der Waals surface area contributed by atoms with Gasteiger partial charge in [-0.2, -0.15) is 0 Å². The summed E-state index contributed by atoms with van der Waals surface area (Å²) >= 11 is 7.64. The first kappa shape index (κ1) is 26.9. The van der Waals surface area contributed by atoms with E-state index in [1.807, 2.05) is 55.5 Å². The standard InChI is InChI=1S/C31H27ClFNO4S/c1-3-37-29(35)31(15-16-31)24-13-11-21(12-14-24)20-7-9-22(10-8-20)28-26(18-27(32)39-28)34-30(36)38-19(2)23-5-4-6-25(33)17-23/h4-14,17-19H,3,15-16H2,1-2H3,(H,34,36)/t19-/m1/s1. The molecule has 4 aromatic rings. The van der Waals surface area contributed by atoms with Gasteiger partial charge in [0.1, 0.15) is 11.9 Å². The van der Waals surface area contributed by atoms with E-state index in [1.54, 1.807) is 25.1 Å². The number of benzene rings is 3. The van der Waals surface area contributed by atoms with Crippen molar-refractivity contribution >= 4 is 40.7 Å². The third-order valence-corrected chi connectivity index (χ3v) is 8.19. The lowest BCUT2D eigenvalue weighted by Gasteiger charge is -2.15. The van der Waals surface area contributed by atoms with Gasteiger partial charge < -0.3 is 9.47 Å². The van der Waals surface area contributed by atoms with Crippen molar-refractivity contribution in [2.24, 2.45) is 0 Å². The summed E-state index contributed by atoms with van der Waals surface area (Å²) in [7, 11) is 0. The summed E-state index contributed by atoms with van der Waals surface area (Å²) in [6.45, 7) is 3.89. The molecule has 1 atom stereocenters. The van der Waals surface area contributed by atoms with Crippen LogP contribution in [0.3, 0.4) is 0 Å². The van der Waals surface area contributed by atoms with Crippen LogP contribution in [0, 0.1) is 5.82 Å². The maximum Gasteiger partial charge on any atom is 0.412 e. The second-order valence-corrected chi connectivity index (χ2v) is 11.2. The van der Waals surface area contributed by atoms with Gasteiger partial charge in [-0.05, 0) is 72.7 Å². The molecule has 1 amide bonds. The fourth-order valence-corrected chi connectivity index (χ4v) is 5.78. The van der Waals surface area contributed by atoms with E-state index in [-0.39, 0.29) is 5.97 Å². The van der Waals surface area contributed by atoms with E-state index >= 15 is 0 Å². The largest absolute Gasteiger partial charge is 0.465 e. The second kappa shape index (κ2) is 11.2. The van der Waals surface area contributed by atoms with Gasteiger partial charge in [-0.1, -0.05) is 72.3 Å². The number of hydrogen-bond donors (Lipinski definition) is 1. The molecule has 0 unspecified atom stereocenters. The number of nitrogens with one attached hydrogen (secondary N) is 1. The smallest absolute Gasteiger partial charge is 0.412 e. The first-order valence-corrected chi connectivity index (χ1v) is 13.9. The highest BCUT2D eigenvalue weighted by molar-refractivity contribution is 7.20. The normalized spacial score (nSPS) is 14.4. The molecule has 1 N–H and O–H groups in total. The molecule has 3 aromatic carbocycles. The predicted octanol–water partition coefficient (Wildman–Crippen LogP) is 8.78. The number of ether oxygens (including phenoxy) is 2. The molecule has 200 valence electrons. The lowest BCUT2D eigenvalue weighted by molar-refractivity contribution is -0.146. The lowest BCUT2D eigenvalue weighted by Crippen LogP contribution is -2.23. The minimum atomic E-state index is -0.657. The molecule has 1 fully saturated rings. The van der Waals surface area contributed by atoms with Crippen LogP contribution in [-0.2, 0) is 19.7 Å². The molecule has 5 rings (SSSR count). The maximum atomic E-state index is 13.5. The summed E-state index contributed by atoms with van der Waals surface area (Å²) in [5.74, 6) is -0.536. The number of rotatable bonds is 8. The highest BCUT2D eigenvalue weighted by atomic mass is 35.5. The topological polar surface area (TPSA) is 64.6 Å². The van der Waals surface area contributed by atoms with Gasteiger partial charge in [0.2, 0.25) is 0 Å². The van der Waals surface area contributed by atoms with Crippen LogP contribution in [0.5, 0.6) is 0 Å². The Morgan fingerprint density at radius 3 is 2.26 bits per heavy atom. The van der Waals surface area contributed by atoms with Gasteiger partial charge in [0.05, 0.1) is 26.9 Å². The molecule has 39 heavy (non-hydrogen) atoms. The number of halogens is 2. The van der Waals surface area contributed by atoms with Crippen LogP contribution in [0.1, 0.15) is 43.9 Å². The number of amides is 1. The zero-order chi connectivity index (χ0) is 27.6. The Hall–Kier alpha value is -3.68. The van der Waals surface area contributed by atoms with Crippen molar-refractivity contribution in [1.82, 2.24) is 0 Å². The molecule has 1 aliphatic carbocycles. The quantitative estimate of drug-likeness (QED) is 0.218. The van der Waals surface area contributed by atoms with Gasteiger partial charge in [0, 0.05) is 0 Å². The Morgan fingerprint density at radius 2 is 1.64 bits per heavy atom. The SMILES string of the molecule is CCOC(=O)C1(c2ccc(-c3ccc(-c4sc(Cl)cc4NC(=O)O[C@H](C)c4cccc(F)c4)cc3)cc2)CC1. The van der Waals surface area contributed by atoms with E-state index in [1.165, 1.54) is 23.5 Å². The molecule has 0 aliphatic heterocycles. The van der Waals surface area contributed by atoms with Crippen LogP contribution in [0.25, 0.3) is 21.6 Å². The van der Waals surface area contributed by atoms with E-state index in [0.717, 1.165) is 40.0 Å². The van der Waals surface area contributed by atoms with Crippen molar-refractivity contribution in [1.29, 1.82) is 0 Å². The van der Waals surface area contributed by atoms with Gasteiger partial charge in [-0.3, -0.25) is 10.1 Å². The van der Waals surface area contributed by atoms with Crippen molar-refractivity contribution in [2.75, 3.05) is 11.9 Å². The molecule has 5 nitrogen and oxygen atoms in total. The zero-order valence-electron chi connectivity index (χ0n) is 21.5. The average Bonchev–Trinajstić information content (AvgIpc) is 3.66. The van der Waals surface area contributed by atoms with E-state index in [4.69, 9.17) is 21.1 Å². The van der Waals surface area contributed by atoms with Crippen molar-refractivity contribution in [3.05, 3.63) is 100 Å². The minimum absolute atomic E-state index is 0.145. The highest BCUT2D eigenvalue weighted by Gasteiger charge is 2.52. The predicted molar refractivity (Wildman–Crippen MR) is 153 cm³/mol. The summed E-state index contributed by atoms with van der Waals surface area (Å²) in [5.41, 5.74) is 4.53. The van der Waals surface area contributed by atoms with E-state index in [9.17, 15) is 14.0 Å². The first-order chi connectivity index (χ1) is 18.8. The van der Waals surface area contributed by atoms with Crippen molar-refractivity contribution in [3.8, 4) is 21.6 Å². The van der Waals surface area contributed by atoms with Gasteiger partial charge in [-0.15, -0.1) is 11.3 Å². The Balaban J connectivity index is 1.28. The summed E-state index contributed by atoms with van der Waals surface area (Å²) in [4.78, 5) is 25.8. The third-order valence-electron chi connectivity index (χ3n) is 6.87. The third kappa shape index (κ3) is 5.84. The van der Waals surface area contributed by atoms with Gasteiger partial charge in [0.25, 0.3) is 0 Å². The molecule has 1 heterocycles. The Labute approximate surface area is 235 Å². The summed E-state index contributed by atoms with van der Waals surface area (Å²) in [6, 6.07) is 23.6.